The summed E-state index contributed by atoms with van der Waals surface area (Å²) in [6.45, 7) is 0. The van der Waals surface area contributed by atoms with Crippen LogP contribution in [0, 0.1) is 0 Å². The number of phenolic OH excluding ortho intramolecular Hbond substituents is 1. The maximum Gasteiger partial charge on any atom is 0.326 e. The number of rotatable bonds is 5. The smallest absolute Gasteiger partial charge is 0.326 e. The van der Waals surface area contributed by atoms with E-state index in [0.29, 0.717) is 4.88 Å². The van der Waals surface area contributed by atoms with E-state index in [1.165, 1.54) is 23.5 Å². The largest absolute Gasteiger partial charge is 0.508 e. The van der Waals surface area contributed by atoms with Gasteiger partial charge in [0, 0.05) is 6.42 Å². The Labute approximate surface area is 119 Å². The Bertz CT molecular complexity index is 592. The molecule has 0 aliphatic rings. The first-order valence-electron chi connectivity index (χ1n) is 5.91. The van der Waals surface area contributed by atoms with Crippen LogP contribution in [0.1, 0.15) is 15.2 Å². The standard InChI is InChI=1S/C14H13NO4S/c16-10-5-3-9(4-6-10)8-11(14(18)19)15-13(17)12-2-1-7-20-12/h1-7,11,16H,8H2,(H,15,17)(H,18,19)/t11-/m1/s1. The minimum Gasteiger partial charge on any atom is -0.508 e. The first-order valence-corrected chi connectivity index (χ1v) is 6.79. The Hall–Kier alpha value is -2.34. The number of hydrogen-bond acceptors (Lipinski definition) is 4. The predicted octanol–water partition coefficient (Wildman–Crippen LogP) is 1.88. The third-order valence-corrected chi connectivity index (χ3v) is 3.59. The molecule has 0 fully saturated rings. The fraction of sp³-hybridized carbons (Fsp3) is 0.143. The molecule has 0 aliphatic heterocycles. The van der Waals surface area contributed by atoms with Gasteiger partial charge < -0.3 is 15.5 Å². The highest BCUT2D eigenvalue weighted by Gasteiger charge is 2.21. The number of aromatic hydroxyl groups is 1. The average molecular weight is 291 g/mol. The minimum absolute atomic E-state index is 0.114. The van der Waals surface area contributed by atoms with Crippen LogP contribution < -0.4 is 5.32 Å². The maximum atomic E-state index is 11.9. The summed E-state index contributed by atoms with van der Waals surface area (Å²) in [5, 5.41) is 22.6. The van der Waals surface area contributed by atoms with Gasteiger partial charge in [-0.05, 0) is 29.1 Å². The highest BCUT2D eigenvalue weighted by atomic mass is 32.1. The summed E-state index contributed by atoms with van der Waals surface area (Å²) in [6, 6.07) is 8.58. The highest BCUT2D eigenvalue weighted by Crippen LogP contribution is 2.13. The molecule has 5 nitrogen and oxygen atoms in total. The number of thiophene rings is 1. The number of nitrogens with one attached hydrogen (secondary N) is 1. The topological polar surface area (TPSA) is 86.6 Å². The van der Waals surface area contributed by atoms with E-state index in [9.17, 15) is 19.8 Å². The fourth-order valence-electron chi connectivity index (χ4n) is 1.70. The molecule has 1 atom stereocenters. The van der Waals surface area contributed by atoms with Crippen LogP contribution in [0.5, 0.6) is 5.75 Å². The lowest BCUT2D eigenvalue weighted by Crippen LogP contribution is -2.42. The van der Waals surface area contributed by atoms with Crippen LogP contribution in [0.3, 0.4) is 0 Å². The first-order chi connectivity index (χ1) is 9.56. The summed E-state index contributed by atoms with van der Waals surface area (Å²) in [7, 11) is 0. The third-order valence-electron chi connectivity index (χ3n) is 2.72. The van der Waals surface area contributed by atoms with Crippen LogP contribution in [0.15, 0.2) is 41.8 Å². The van der Waals surface area contributed by atoms with Crippen molar-refractivity contribution in [2.75, 3.05) is 0 Å². The molecule has 0 bridgehead atoms. The summed E-state index contributed by atoms with van der Waals surface area (Å²) in [5.74, 6) is -1.38. The van der Waals surface area contributed by atoms with Gasteiger partial charge in [-0.2, -0.15) is 0 Å². The Kier molecular flexibility index (Phi) is 4.37. The maximum absolute atomic E-state index is 11.9. The Balaban J connectivity index is 2.06. The molecule has 0 unspecified atom stereocenters. The van der Waals surface area contributed by atoms with Crippen molar-refractivity contribution < 1.29 is 19.8 Å². The van der Waals surface area contributed by atoms with E-state index in [4.69, 9.17) is 0 Å². The molecule has 20 heavy (non-hydrogen) atoms. The Morgan fingerprint density at radius 2 is 1.90 bits per heavy atom. The van der Waals surface area contributed by atoms with E-state index in [2.05, 4.69) is 5.32 Å². The summed E-state index contributed by atoms with van der Waals surface area (Å²) >= 11 is 1.25. The van der Waals surface area contributed by atoms with Crippen molar-refractivity contribution in [3.8, 4) is 5.75 Å². The minimum atomic E-state index is -1.09. The zero-order valence-electron chi connectivity index (χ0n) is 10.4. The first kappa shape index (κ1) is 14.1. The van der Waals surface area contributed by atoms with Crippen molar-refractivity contribution in [2.24, 2.45) is 0 Å². The Morgan fingerprint density at radius 1 is 1.20 bits per heavy atom. The number of aliphatic carboxylic acids is 1. The third kappa shape index (κ3) is 3.58. The van der Waals surface area contributed by atoms with Crippen molar-refractivity contribution in [1.82, 2.24) is 5.32 Å². The van der Waals surface area contributed by atoms with Crippen LogP contribution in [0.25, 0.3) is 0 Å². The van der Waals surface area contributed by atoms with Crippen LogP contribution in [-0.2, 0) is 11.2 Å². The second-order valence-electron chi connectivity index (χ2n) is 4.21. The van der Waals surface area contributed by atoms with Gasteiger partial charge in [-0.15, -0.1) is 11.3 Å². The van der Waals surface area contributed by atoms with E-state index >= 15 is 0 Å². The molecular formula is C14H13NO4S. The van der Waals surface area contributed by atoms with Crippen LogP contribution in [0.4, 0.5) is 0 Å². The lowest BCUT2D eigenvalue weighted by molar-refractivity contribution is -0.139. The van der Waals surface area contributed by atoms with Crippen molar-refractivity contribution in [2.45, 2.75) is 12.5 Å². The summed E-state index contributed by atoms with van der Waals surface area (Å²) in [5.41, 5.74) is 0.724. The lowest BCUT2D eigenvalue weighted by atomic mass is 10.1. The van der Waals surface area contributed by atoms with E-state index < -0.39 is 17.9 Å². The number of benzene rings is 1. The monoisotopic (exact) mass is 291 g/mol. The van der Waals surface area contributed by atoms with Crippen molar-refractivity contribution in [1.29, 1.82) is 0 Å². The van der Waals surface area contributed by atoms with Crippen LogP contribution in [0.2, 0.25) is 0 Å². The number of carbonyl (C=O) groups is 2. The summed E-state index contributed by atoms with van der Waals surface area (Å²) in [4.78, 5) is 23.6. The molecule has 0 aliphatic carbocycles. The van der Waals surface area contributed by atoms with Crippen molar-refractivity contribution in [3.05, 3.63) is 52.2 Å². The van der Waals surface area contributed by atoms with Gasteiger partial charge in [0.05, 0.1) is 4.88 Å². The Morgan fingerprint density at radius 3 is 2.45 bits per heavy atom. The van der Waals surface area contributed by atoms with Crippen LogP contribution in [-0.4, -0.2) is 28.1 Å². The molecule has 0 spiro atoms. The number of amides is 1. The van der Waals surface area contributed by atoms with Gasteiger partial charge in [-0.1, -0.05) is 18.2 Å². The van der Waals surface area contributed by atoms with E-state index in [-0.39, 0.29) is 12.2 Å². The van der Waals surface area contributed by atoms with Gasteiger partial charge >= 0.3 is 5.97 Å². The van der Waals surface area contributed by atoms with Crippen molar-refractivity contribution in [3.63, 3.8) is 0 Å². The number of carboxylic acid groups (broad SMARTS) is 1. The molecule has 1 aromatic heterocycles. The average Bonchev–Trinajstić information content (AvgIpc) is 2.94. The van der Waals surface area contributed by atoms with Gasteiger partial charge in [0.2, 0.25) is 0 Å². The molecule has 6 heteroatoms. The molecule has 2 rings (SSSR count). The molecule has 0 saturated heterocycles. The molecular weight excluding hydrogens is 278 g/mol. The van der Waals surface area contributed by atoms with Gasteiger partial charge in [0.15, 0.2) is 0 Å². The number of carbonyl (C=O) groups excluding carboxylic acids is 1. The molecule has 0 radical (unpaired) electrons. The number of hydrogen-bond donors (Lipinski definition) is 3. The molecule has 104 valence electrons. The van der Waals surface area contributed by atoms with Gasteiger partial charge in [0.25, 0.3) is 5.91 Å². The second-order valence-corrected chi connectivity index (χ2v) is 5.16. The highest BCUT2D eigenvalue weighted by molar-refractivity contribution is 7.12. The van der Waals surface area contributed by atoms with Gasteiger partial charge in [-0.25, -0.2) is 4.79 Å². The normalized spacial score (nSPS) is 11.8. The number of phenols is 1. The predicted molar refractivity (Wildman–Crippen MR) is 75.0 cm³/mol. The SMILES string of the molecule is O=C(N[C@H](Cc1ccc(O)cc1)C(=O)O)c1cccs1. The van der Waals surface area contributed by atoms with Crippen LogP contribution >= 0.6 is 11.3 Å². The van der Waals surface area contributed by atoms with E-state index in [0.717, 1.165) is 5.56 Å². The molecule has 3 N–H and O–H groups in total. The molecule has 2 aromatic rings. The van der Waals surface area contributed by atoms with E-state index in [1.807, 2.05) is 0 Å². The summed E-state index contributed by atoms with van der Waals surface area (Å²) in [6.07, 6.45) is 0.159. The number of carboxylic acids is 1. The van der Waals surface area contributed by atoms with E-state index in [1.54, 1.807) is 29.6 Å². The zero-order chi connectivity index (χ0) is 14.5. The molecule has 1 heterocycles. The molecule has 0 saturated carbocycles. The fourth-order valence-corrected chi connectivity index (χ4v) is 2.33. The molecule has 1 amide bonds. The molecule has 1 aromatic carbocycles. The van der Waals surface area contributed by atoms with Crippen molar-refractivity contribution >= 4 is 23.2 Å². The van der Waals surface area contributed by atoms with Gasteiger partial charge in [0.1, 0.15) is 11.8 Å². The van der Waals surface area contributed by atoms with Gasteiger partial charge in [-0.3, -0.25) is 4.79 Å². The zero-order valence-corrected chi connectivity index (χ0v) is 11.3. The quantitative estimate of drug-likeness (QED) is 0.785. The second kappa shape index (κ2) is 6.21. The lowest BCUT2D eigenvalue weighted by Gasteiger charge is -2.14. The summed E-state index contributed by atoms with van der Waals surface area (Å²) < 4.78 is 0.